The predicted molar refractivity (Wildman–Crippen MR) is 49.6 cm³/mol. The molecule has 1 N–H and O–H groups in total. The van der Waals surface area contributed by atoms with Crippen molar-refractivity contribution >= 4 is 17.7 Å². The second kappa shape index (κ2) is 3.74. The van der Waals surface area contributed by atoms with Gasteiger partial charge >= 0.3 is 6.09 Å². The van der Waals surface area contributed by atoms with Crippen LogP contribution in [0.25, 0.3) is 0 Å². The third-order valence-corrected chi connectivity index (χ3v) is 3.34. The van der Waals surface area contributed by atoms with Crippen molar-refractivity contribution in [2.75, 3.05) is 6.07 Å². The maximum atomic E-state index is 11.1. The van der Waals surface area contributed by atoms with Gasteiger partial charge < -0.3 is 10.1 Å². The molecule has 13 heavy (non-hydrogen) atoms. The van der Waals surface area contributed by atoms with Gasteiger partial charge in [0, 0.05) is 6.04 Å². The molecule has 2 aliphatic rings. The summed E-state index contributed by atoms with van der Waals surface area (Å²) in [6, 6.07) is 0.279. The van der Waals surface area contributed by atoms with Gasteiger partial charge in [-0.25, -0.2) is 4.79 Å². The standard InChI is InChI=1S/C9H14ClNO2/c10-5-13-9(12)11-8-4-6-1-2-7(8)3-6/h6-8H,1-5H2,(H,11,12). The van der Waals surface area contributed by atoms with Crippen LogP contribution in [0.1, 0.15) is 25.7 Å². The topological polar surface area (TPSA) is 38.3 Å². The van der Waals surface area contributed by atoms with E-state index in [1.165, 1.54) is 19.3 Å². The highest BCUT2D eigenvalue weighted by atomic mass is 35.5. The number of alkyl halides is 1. The molecule has 0 saturated heterocycles. The highest BCUT2D eigenvalue weighted by molar-refractivity contribution is 6.17. The average Bonchev–Trinajstić information content (AvgIpc) is 2.65. The Morgan fingerprint density at radius 3 is 2.85 bits per heavy atom. The van der Waals surface area contributed by atoms with Crippen molar-refractivity contribution in [3.05, 3.63) is 0 Å². The van der Waals surface area contributed by atoms with Gasteiger partial charge in [0.05, 0.1) is 0 Å². The highest BCUT2D eigenvalue weighted by Gasteiger charge is 2.40. The number of fused-ring (bicyclic) bond motifs is 2. The van der Waals surface area contributed by atoms with Gasteiger partial charge in [0.1, 0.15) is 0 Å². The molecule has 0 aromatic carbocycles. The van der Waals surface area contributed by atoms with Gasteiger partial charge in [-0.15, -0.1) is 0 Å². The van der Waals surface area contributed by atoms with Crippen LogP contribution in [0, 0.1) is 11.8 Å². The van der Waals surface area contributed by atoms with Gasteiger partial charge in [-0.1, -0.05) is 18.0 Å². The van der Waals surface area contributed by atoms with Crippen LogP contribution in [0.2, 0.25) is 0 Å². The van der Waals surface area contributed by atoms with E-state index in [9.17, 15) is 4.79 Å². The number of alkyl carbamates (subject to hydrolysis) is 1. The third kappa shape index (κ3) is 1.90. The first-order chi connectivity index (χ1) is 6.29. The molecule has 3 unspecified atom stereocenters. The third-order valence-electron chi connectivity index (χ3n) is 3.23. The largest absolute Gasteiger partial charge is 0.433 e. The molecular formula is C9H14ClNO2. The number of hydrogen-bond donors (Lipinski definition) is 1. The van der Waals surface area contributed by atoms with Crippen molar-refractivity contribution in [3.8, 4) is 0 Å². The summed E-state index contributed by atoms with van der Waals surface area (Å²) in [6.07, 6.45) is 4.64. The summed E-state index contributed by atoms with van der Waals surface area (Å²) in [4.78, 5) is 11.1. The van der Waals surface area contributed by atoms with Crippen LogP contribution < -0.4 is 5.32 Å². The quantitative estimate of drug-likeness (QED) is 0.698. The lowest BCUT2D eigenvalue weighted by atomic mass is 9.96. The Morgan fingerprint density at radius 1 is 1.46 bits per heavy atom. The number of hydrogen-bond acceptors (Lipinski definition) is 2. The van der Waals surface area contributed by atoms with E-state index in [-0.39, 0.29) is 12.2 Å². The van der Waals surface area contributed by atoms with E-state index < -0.39 is 0 Å². The average molecular weight is 204 g/mol. The molecular weight excluding hydrogens is 190 g/mol. The van der Waals surface area contributed by atoms with E-state index in [0.29, 0.717) is 12.0 Å². The first-order valence-corrected chi connectivity index (χ1v) is 5.32. The van der Waals surface area contributed by atoms with Crippen molar-refractivity contribution in [1.82, 2.24) is 5.32 Å². The Morgan fingerprint density at radius 2 is 2.31 bits per heavy atom. The van der Waals surface area contributed by atoms with Crippen LogP contribution in [0.3, 0.4) is 0 Å². The summed E-state index contributed by atoms with van der Waals surface area (Å²) in [5.41, 5.74) is 0. The van der Waals surface area contributed by atoms with E-state index in [0.717, 1.165) is 12.3 Å². The van der Waals surface area contributed by atoms with Crippen LogP contribution in [0.15, 0.2) is 0 Å². The summed E-state index contributed by atoms with van der Waals surface area (Å²) in [7, 11) is 0. The fraction of sp³-hybridized carbons (Fsp3) is 0.889. The van der Waals surface area contributed by atoms with Crippen molar-refractivity contribution < 1.29 is 9.53 Å². The fourth-order valence-electron chi connectivity index (χ4n) is 2.66. The summed E-state index contributed by atoms with van der Waals surface area (Å²) in [5, 5.41) is 2.87. The summed E-state index contributed by atoms with van der Waals surface area (Å²) in [5.74, 6) is 1.53. The van der Waals surface area contributed by atoms with Gasteiger partial charge in [-0.2, -0.15) is 0 Å². The zero-order valence-corrected chi connectivity index (χ0v) is 8.22. The van der Waals surface area contributed by atoms with Crippen LogP contribution in [0.4, 0.5) is 4.79 Å². The monoisotopic (exact) mass is 203 g/mol. The van der Waals surface area contributed by atoms with Crippen molar-refractivity contribution in [2.24, 2.45) is 11.8 Å². The molecule has 2 aliphatic carbocycles. The second-order valence-corrected chi connectivity index (χ2v) is 4.18. The number of carbonyl (C=O) groups is 1. The Labute approximate surface area is 82.8 Å². The predicted octanol–water partition coefficient (Wildman–Crippen LogP) is 2.10. The van der Waals surface area contributed by atoms with Crippen LogP contribution in [0.5, 0.6) is 0 Å². The lowest BCUT2D eigenvalue weighted by Gasteiger charge is -2.21. The Kier molecular flexibility index (Phi) is 2.63. The van der Waals surface area contributed by atoms with Gasteiger partial charge in [0.2, 0.25) is 0 Å². The molecule has 74 valence electrons. The van der Waals surface area contributed by atoms with Gasteiger partial charge in [0.25, 0.3) is 0 Å². The SMILES string of the molecule is O=C(NC1CC2CCC1C2)OCCl. The van der Waals surface area contributed by atoms with Crippen molar-refractivity contribution in [2.45, 2.75) is 31.7 Å². The number of ether oxygens (including phenoxy) is 1. The molecule has 3 nitrogen and oxygen atoms in total. The molecule has 0 spiro atoms. The van der Waals surface area contributed by atoms with Crippen molar-refractivity contribution in [3.63, 3.8) is 0 Å². The van der Waals surface area contributed by atoms with Crippen LogP contribution in [-0.2, 0) is 4.74 Å². The summed E-state index contributed by atoms with van der Waals surface area (Å²) in [6.45, 7) is 0. The molecule has 0 heterocycles. The molecule has 2 bridgehead atoms. The van der Waals surface area contributed by atoms with E-state index in [1.807, 2.05) is 0 Å². The molecule has 4 heteroatoms. The Balaban J connectivity index is 1.79. The van der Waals surface area contributed by atoms with E-state index >= 15 is 0 Å². The van der Waals surface area contributed by atoms with E-state index in [1.54, 1.807) is 0 Å². The molecule has 2 rings (SSSR count). The Bertz CT molecular complexity index is 210. The molecule has 0 aliphatic heterocycles. The molecule has 2 saturated carbocycles. The zero-order chi connectivity index (χ0) is 9.26. The number of carbonyl (C=O) groups excluding carboxylic acids is 1. The summed E-state index contributed by atoms with van der Waals surface area (Å²) < 4.78 is 4.63. The first kappa shape index (κ1) is 9.13. The lowest BCUT2D eigenvalue weighted by molar-refractivity contribution is 0.155. The number of amides is 1. The van der Waals surface area contributed by atoms with Gasteiger partial charge in [0.15, 0.2) is 6.07 Å². The fourth-order valence-corrected chi connectivity index (χ4v) is 2.76. The smallest absolute Gasteiger partial charge is 0.408 e. The summed E-state index contributed by atoms with van der Waals surface area (Å²) >= 11 is 5.28. The van der Waals surface area contributed by atoms with Crippen molar-refractivity contribution in [1.29, 1.82) is 0 Å². The van der Waals surface area contributed by atoms with E-state index in [4.69, 9.17) is 11.6 Å². The minimum absolute atomic E-state index is 0.0628. The highest BCUT2D eigenvalue weighted by Crippen LogP contribution is 2.44. The Hall–Kier alpha value is -0.440. The molecule has 3 atom stereocenters. The maximum absolute atomic E-state index is 11.1. The van der Waals surface area contributed by atoms with Crippen LogP contribution in [-0.4, -0.2) is 18.2 Å². The maximum Gasteiger partial charge on any atom is 0.408 e. The minimum atomic E-state index is -0.368. The van der Waals surface area contributed by atoms with E-state index in [2.05, 4.69) is 10.1 Å². The lowest BCUT2D eigenvalue weighted by Crippen LogP contribution is -2.38. The normalized spacial score (nSPS) is 36.2. The van der Waals surface area contributed by atoms with Gasteiger partial charge in [-0.3, -0.25) is 0 Å². The number of nitrogens with one attached hydrogen (secondary N) is 1. The molecule has 2 fully saturated rings. The molecule has 1 amide bonds. The number of rotatable bonds is 2. The van der Waals surface area contributed by atoms with Gasteiger partial charge in [-0.05, 0) is 31.1 Å². The van der Waals surface area contributed by atoms with Crippen LogP contribution >= 0.6 is 11.6 Å². The number of halogens is 1. The zero-order valence-electron chi connectivity index (χ0n) is 7.46. The minimum Gasteiger partial charge on any atom is -0.433 e. The molecule has 0 aromatic heterocycles. The molecule has 0 aromatic rings. The second-order valence-electron chi connectivity index (χ2n) is 3.97. The molecule has 0 radical (unpaired) electrons. The first-order valence-electron chi connectivity index (χ1n) is 4.79.